The fraction of sp³-hybridized carbons (Fsp3) is 0.500. The van der Waals surface area contributed by atoms with Gasteiger partial charge in [-0.3, -0.25) is 9.69 Å². The highest BCUT2D eigenvalue weighted by molar-refractivity contribution is 5.78. The Hall–Kier alpha value is -2.07. The van der Waals surface area contributed by atoms with Gasteiger partial charge < -0.3 is 9.73 Å². The van der Waals surface area contributed by atoms with Crippen molar-refractivity contribution >= 4 is 5.91 Å². The van der Waals surface area contributed by atoms with Crippen molar-refractivity contribution < 1.29 is 9.21 Å². The third-order valence-corrected chi connectivity index (χ3v) is 5.72. The highest BCUT2D eigenvalue weighted by Crippen LogP contribution is 2.25. The quantitative estimate of drug-likeness (QED) is 0.863. The van der Waals surface area contributed by atoms with Crippen LogP contribution in [-0.2, 0) is 24.1 Å². The SMILES string of the molecule is O=C(Cc1ccc2c(c1)CCC2)NCC(c1ccco1)N1CCCCC1. The van der Waals surface area contributed by atoms with E-state index in [4.69, 9.17) is 4.42 Å². The van der Waals surface area contributed by atoms with Crippen molar-refractivity contribution in [2.24, 2.45) is 0 Å². The summed E-state index contributed by atoms with van der Waals surface area (Å²) in [6, 6.07) is 10.6. The standard InChI is InChI=1S/C22H28N2O2/c25-22(15-17-9-10-18-6-4-7-19(18)14-17)23-16-20(21-8-5-13-26-21)24-11-2-1-3-12-24/h5,8-10,13-14,20H,1-4,6-7,11-12,15-16H2,(H,23,25). The number of carbonyl (C=O) groups is 1. The maximum absolute atomic E-state index is 12.5. The summed E-state index contributed by atoms with van der Waals surface area (Å²) in [5.41, 5.74) is 4.00. The third kappa shape index (κ3) is 4.01. The maximum Gasteiger partial charge on any atom is 0.224 e. The van der Waals surface area contributed by atoms with E-state index >= 15 is 0 Å². The van der Waals surface area contributed by atoms with E-state index in [2.05, 4.69) is 28.4 Å². The molecule has 0 spiro atoms. The lowest BCUT2D eigenvalue weighted by Crippen LogP contribution is -2.40. The number of carbonyl (C=O) groups excluding carboxylic acids is 1. The van der Waals surface area contributed by atoms with E-state index in [9.17, 15) is 4.79 Å². The van der Waals surface area contributed by atoms with Crippen molar-refractivity contribution in [3.8, 4) is 0 Å². The predicted octanol–water partition coefficient (Wildman–Crippen LogP) is 3.65. The van der Waals surface area contributed by atoms with Gasteiger partial charge in [0.05, 0.1) is 18.7 Å². The van der Waals surface area contributed by atoms with E-state index in [1.807, 2.05) is 12.1 Å². The van der Waals surface area contributed by atoms with Crippen molar-refractivity contribution in [2.75, 3.05) is 19.6 Å². The Balaban J connectivity index is 1.36. The van der Waals surface area contributed by atoms with Crippen LogP contribution < -0.4 is 5.32 Å². The van der Waals surface area contributed by atoms with Crippen LogP contribution >= 0.6 is 0 Å². The van der Waals surface area contributed by atoms with Gasteiger partial charge in [0.15, 0.2) is 0 Å². The topological polar surface area (TPSA) is 45.5 Å². The number of piperidine rings is 1. The summed E-state index contributed by atoms with van der Waals surface area (Å²) in [7, 11) is 0. The Bertz CT molecular complexity index is 733. The molecule has 2 heterocycles. The molecule has 1 aromatic heterocycles. The zero-order valence-corrected chi connectivity index (χ0v) is 15.4. The van der Waals surface area contributed by atoms with E-state index in [1.165, 1.54) is 43.2 Å². The van der Waals surface area contributed by atoms with Crippen LogP contribution in [0.2, 0.25) is 0 Å². The average Bonchev–Trinajstić information content (AvgIpc) is 3.34. The van der Waals surface area contributed by atoms with Crippen LogP contribution in [0.1, 0.15) is 54.2 Å². The number of furan rings is 1. The molecule has 1 aromatic carbocycles. The summed E-state index contributed by atoms with van der Waals surface area (Å²) in [4.78, 5) is 15.0. The van der Waals surface area contributed by atoms with Gasteiger partial charge in [-0.15, -0.1) is 0 Å². The molecular formula is C22H28N2O2. The van der Waals surface area contributed by atoms with Gasteiger partial charge in [0.2, 0.25) is 5.91 Å². The number of benzene rings is 1. The van der Waals surface area contributed by atoms with E-state index in [-0.39, 0.29) is 11.9 Å². The number of likely N-dealkylation sites (tertiary alicyclic amines) is 1. The van der Waals surface area contributed by atoms with Gasteiger partial charge >= 0.3 is 0 Å². The Morgan fingerprint density at radius 1 is 1.08 bits per heavy atom. The normalized spacial score (nSPS) is 18.5. The molecule has 1 amide bonds. The number of nitrogens with zero attached hydrogens (tertiary/aromatic N) is 1. The lowest BCUT2D eigenvalue weighted by atomic mass is 10.0. The third-order valence-electron chi connectivity index (χ3n) is 5.72. The van der Waals surface area contributed by atoms with Gasteiger partial charge in [-0.1, -0.05) is 24.6 Å². The first-order valence-electron chi connectivity index (χ1n) is 9.94. The summed E-state index contributed by atoms with van der Waals surface area (Å²) in [6.07, 6.45) is 9.50. The summed E-state index contributed by atoms with van der Waals surface area (Å²) in [6.45, 7) is 2.76. The van der Waals surface area contributed by atoms with Gasteiger partial charge in [0.25, 0.3) is 0 Å². The second kappa shape index (κ2) is 8.09. The minimum Gasteiger partial charge on any atom is -0.468 e. The van der Waals surface area contributed by atoms with Gasteiger partial charge in [0.1, 0.15) is 5.76 Å². The van der Waals surface area contributed by atoms with E-state index in [1.54, 1.807) is 6.26 Å². The molecule has 26 heavy (non-hydrogen) atoms. The zero-order chi connectivity index (χ0) is 17.8. The van der Waals surface area contributed by atoms with Crippen molar-refractivity contribution in [3.05, 3.63) is 59.0 Å². The molecule has 0 saturated carbocycles. The van der Waals surface area contributed by atoms with Crippen LogP contribution in [-0.4, -0.2) is 30.4 Å². The first-order chi connectivity index (χ1) is 12.8. The molecule has 1 atom stereocenters. The van der Waals surface area contributed by atoms with Crippen LogP contribution in [0.25, 0.3) is 0 Å². The molecule has 4 heteroatoms. The number of hydrogen-bond donors (Lipinski definition) is 1. The number of amides is 1. The van der Waals surface area contributed by atoms with Crippen LogP contribution in [0.4, 0.5) is 0 Å². The Morgan fingerprint density at radius 2 is 1.92 bits per heavy atom. The molecule has 1 fully saturated rings. The molecule has 1 N–H and O–H groups in total. The number of hydrogen-bond acceptors (Lipinski definition) is 3. The predicted molar refractivity (Wildman–Crippen MR) is 102 cm³/mol. The summed E-state index contributed by atoms with van der Waals surface area (Å²) >= 11 is 0. The number of rotatable bonds is 6. The van der Waals surface area contributed by atoms with Crippen molar-refractivity contribution in [1.82, 2.24) is 10.2 Å². The minimum absolute atomic E-state index is 0.0940. The highest BCUT2D eigenvalue weighted by atomic mass is 16.3. The smallest absolute Gasteiger partial charge is 0.224 e. The molecule has 4 rings (SSSR count). The molecule has 1 saturated heterocycles. The second-order valence-electron chi connectivity index (χ2n) is 7.57. The molecule has 2 aliphatic rings. The van der Waals surface area contributed by atoms with Crippen LogP contribution in [0, 0.1) is 0 Å². The lowest BCUT2D eigenvalue weighted by Gasteiger charge is -2.33. The number of fused-ring (bicyclic) bond motifs is 1. The summed E-state index contributed by atoms with van der Waals surface area (Å²) < 4.78 is 5.66. The minimum atomic E-state index is 0.0940. The van der Waals surface area contributed by atoms with E-state index in [0.717, 1.165) is 30.8 Å². The Morgan fingerprint density at radius 3 is 2.73 bits per heavy atom. The average molecular weight is 352 g/mol. The molecule has 1 aliphatic carbocycles. The van der Waals surface area contributed by atoms with Gasteiger partial charge in [-0.2, -0.15) is 0 Å². The molecule has 1 aliphatic heterocycles. The first kappa shape index (κ1) is 17.3. The largest absolute Gasteiger partial charge is 0.468 e. The van der Waals surface area contributed by atoms with E-state index < -0.39 is 0 Å². The molecule has 138 valence electrons. The Labute approximate surface area is 155 Å². The van der Waals surface area contributed by atoms with Crippen LogP contribution in [0.15, 0.2) is 41.0 Å². The maximum atomic E-state index is 12.5. The highest BCUT2D eigenvalue weighted by Gasteiger charge is 2.25. The fourth-order valence-electron chi connectivity index (χ4n) is 4.31. The molecule has 0 radical (unpaired) electrons. The molecule has 4 nitrogen and oxygen atoms in total. The monoisotopic (exact) mass is 352 g/mol. The summed E-state index contributed by atoms with van der Waals surface area (Å²) in [5, 5.41) is 3.14. The second-order valence-corrected chi connectivity index (χ2v) is 7.57. The van der Waals surface area contributed by atoms with Gasteiger partial charge in [-0.25, -0.2) is 0 Å². The number of aryl methyl sites for hydroxylation is 2. The van der Waals surface area contributed by atoms with Crippen molar-refractivity contribution in [3.63, 3.8) is 0 Å². The van der Waals surface area contributed by atoms with E-state index in [0.29, 0.717) is 13.0 Å². The fourth-order valence-corrected chi connectivity index (χ4v) is 4.31. The zero-order valence-electron chi connectivity index (χ0n) is 15.4. The van der Waals surface area contributed by atoms with Crippen molar-refractivity contribution in [1.29, 1.82) is 0 Å². The molecule has 1 unspecified atom stereocenters. The first-order valence-corrected chi connectivity index (χ1v) is 9.94. The lowest BCUT2D eigenvalue weighted by molar-refractivity contribution is -0.120. The van der Waals surface area contributed by atoms with Crippen LogP contribution in [0.5, 0.6) is 0 Å². The summed E-state index contributed by atoms with van der Waals surface area (Å²) in [5.74, 6) is 1.04. The molecule has 0 bridgehead atoms. The van der Waals surface area contributed by atoms with Gasteiger partial charge in [-0.05, 0) is 74.0 Å². The number of nitrogens with one attached hydrogen (secondary N) is 1. The molecule has 2 aromatic rings. The van der Waals surface area contributed by atoms with Crippen LogP contribution in [0.3, 0.4) is 0 Å². The molecular weight excluding hydrogens is 324 g/mol. The Kier molecular flexibility index (Phi) is 5.40. The van der Waals surface area contributed by atoms with Crippen molar-refractivity contribution in [2.45, 2.75) is 51.0 Å². The van der Waals surface area contributed by atoms with Gasteiger partial charge in [0, 0.05) is 6.54 Å².